The first-order valence-electron chi connectivity index (χ1n) is 12.9. The quantitative estimate of drug-likeness (QED) is 0.558. The van der Waals surface area contributed by atoms with Crippen molar-refractivity contribution in [3.63, 3.8) is 0 Å². The van der Waals surface area contributed by atoms with Crippen molar-refractivity contribution in [2.45, 2.75) is 32.6 Å². The summed E-state index contributed by atoms with van der Waals surface area (Å²) in [4.78, 5) is 45.4. The number of para-hydroxylation sites is 1. The summed E-state index contributed by atoms with van der Waals surface area (Å²) in [6.45, 7) is 6.23. The Morgan fingerprint density at radius 3 is 2.19 bits per heavy atom. The minimum Gasteiger partial charge on any atom is -0.455 e. The molecule has 2 aromatic carbocycles. The van der Waals surface area contributed by atoms with Crippen LogP contribution in [-0.2, 0) is 4.79 Å². The SMILES string of the molecule is Cc1c(-c2ccccc2)oc2c(C(=O)N3CCN(CC(=O)N4CCCCCC4)CC3)cccc2c1=O. The van der Waals surface area contributed by atoms with Gasteiger partial charge in [0.05, 0.1) is 17.5 Å². The lowest BCUT2D eigenvalue weighted by Crippen LogP contribution is -2.51. The molecule has 0 aliphatic carbocycles. The van der Waals surface area contributed by atoms with E-state index in [1.807, 2.05) is 35.2 Å². The fraction of sp³-hybridized carbons (Fsp3) is 0.414. The number of hydrogen-bond acceptors (Lipinski definition) is 5. The van der Waals surface area contributed by atoms with Crippen molar-refractivity contribution in [1.29, 1.82) is 0 Å². The summed E-state index contributed by atoms with van der Waals surface area (Å²) < 4.78 is 6.25. The average Bonchev–Trinajstić information content (AvgIpc) is 3.21. The Morgan fingerprint density at radius 1 is 0.806 bits per heavy atom. The number of carbonyl (C=O) groups excluding carboxylic acids is 2. The molecule has 3 aromatic rings. The van der Waals surface area contributed by atoms with Gasteiger partial charge in [-0.05, 0) is 31.9 Å². The lowest BCUT2D eigenvalue weighted by Gasteiger charge is -2.35. The van der Waals surface area contributed by atoms with Crippen LogP contribution in [0.15, 0.2) is 57.7 Å². The zero-order chi connectivity index (χ0) is 25.1. The van der Waals surface area contributed by atoms with E-state index in [-0.39, 0.29) is 17.2 Å². The molecule has 1 aromatic heterocycles. The van der Waals surface area contributed by atoms with Gasteiger partial charge in [0.1, 0.15) is 5.76 Å². The number of carbonyl (C=O) groups is 2. The smallest absolute Gasteiger partial charge is 0.257 e. The zero-order valence-electron chi connectivity index (χ0n) is 20.9. The van der Waals surface area contributed by atoms with Gasteiger partial charge < -0.3 is 14.2 Å². The van der Waals surface area contributed by atoms with Crippen LogP contribution in [0.3, 0.4) is 0 Å². The number of hydrogen-bond donors (Lipinski definition) is 0. The second-order valence-corrected chi connectivity index (χ2v) is 9.80. The lowest BCUT2D eigenvalue weighted by molar-refractivity contribution is -0.132. The molecule has 2 amide bonds. The average molecular weight is 488 g/mol. The predicted molar refractivity (Wildman–Crippen MR) is 140 cm³/mol. The Kier molecular flexibility index (Phi) is 7.18. The predicted octanol–water partition coefficient (Wildman–Crippen LogP) is 3.93. The van der Waals surface area contributed by atoms with Crippen LogP contribution in [0.5, 0.6) is 0 Å². The van der Waals surface area contributed by atoms with Crippen molar-refractivity contribution in [3.8, 4) is 11.3 Å². The summed E-state index contributed by atoms with van der Waals surface area (Å²) in [6.07, 6.45) is 4.57. The molecule has 0 atom stereocenters. The molecule has 7 heteroatoms. The highest BCUT2D eigenvalue weighted by Gasteiger charge is 2.27. The molecular weight excluding hydrogens is 454 g/mol. The van der Waals surface area contributed by atoms with E-state index in [2.05, 4.69) is 4.90 Å². The summed E-state index contributed by atoms with van der Waals surface area (Å²) in [6, 6.07) is 14.7. The Labute approximate surface area is 211 Å². The molecule has 2 saturated heterocycles. The molecule has 0 unspecified atom stereocenters. The first-order valence-corrected chi connectivity index (χ1v) is 12.9. The molecular formula is C29H33N3O4. The molecule has 0 radical (unpaired) electrons. The van der Waals surface area contributed by atoms with Gasteiger partial charge in [-0.15, -0.1) is 0 Å². The maximum atomic E-state index is 13.5. The van der Waals surface area contributed by atoms with E-state index < -0.39 is 0 Å². The summed E-state index contributed by atoms with van der Waals surface area (Å²) in [5, 5.41) is 0.416. The van der Waals surface area contributed by atoms with E-state index in [1.54, 1.807) is 30.0 Å². The monoisotopic (exact) mass is 487 g/mol. The summed E-state index contributed by atoms with van der Waals surface area (Å²) in [7, 11) is 0. The Balaban J connectivity index is 1.32. The summed E-state index contributed by atoms with van der Waals surface area (Å²) in [5.74, 6) is 0.534. The highest BCUT2D eigenvalue weighted by atomic mass is 16.3. The molecule has 2 aliphatic rings. The Morgan fingerprint density at radius 2 is 1.50 bits per heavy atom. The van der Waals surface area contributed by atoms with Crippen LogP contribution in [0.2, 0.25) is 0 Å². The molecule has 36 heavy (non-hydrogen) atoms. The van der Waals surface area contributed by atoms with Gasteiger partial charge >= 0.3 is 0 Å². The van der Waals surface area contributed by atoms with Crippen LogP contribution in [0.4, 0.5) is 0 Å². The number of piperazine rings is 1. The number of amides is 2. The van der Waals surface area contributed by atoms with Gasteiger partial charge in [0, 0.05) is 50.4 Å². The molecule has 0 saturated carbocycles. The molecule has 0 spiro atoms. The van der Waals surface area contributed by atoms with Crippen molar-refractivity contribution >= 4 is 22.8 Å². The van der Waals surface area contributed by atoms with Crippen LogP contribution < -0.4 is 5.43 Å². The number of fused-ring (bicyclic) bond motifs is 1. The Bertz CT molecular complexity index is 1300. The van der Waals surface area contributed by atoms with Crippen molar-refractivity contribution in [1.82, 2.24) is 14.7 Å². The van der Waals surface area contributed by atoms with Gasteiger partial charge in [-0.2, -0.15) is 0 Å². The largest absolute Gasteiger partial charge is 0.455 e. The number of benzene rings is 2. The standard InChI is InChI=1S/C29H33N3O4/c1-21-26(34)23-12-9-13-24(28(23)36-27(21)22-10-5-4-6-11-22)29(35)32-18-16-30(17-19-32)20-25(33)31-14-7-2-3-8-15-31/h4-6,9-13H,2-3,7-8,14-20H2,1H3. The van der Waals surface area contributed by atoms with Gasteiger partial charge in [0.15, 0.2) is 11.0 Å². The maximum Gasteiger partial charge on any atom is 0.257 e. The van der Waals surface area contributed by atoms with Crippen LogP contribution in [-0.4, -0.2) is 72.3 Å². The van der Waals surface area contributed by atoms with Crippen LogP contribution in [0.25, 0.3) is 22.3 Å². The Hall–Kier alpha value is -3.45. The van der Waals surface area contributed by atoms with Crippen molar-refractivity contribution in [2.75, 3.05) is 45.8 Å². The summed E-state index contributed by atoms with van der Waals surface area (Å²) in [5.41, 5.74) is 1.94. The zero-order valence-corrected chi connectivity index (χ0v) is 20.9. The second-order valence-electron chi connectivity index (χ2n) is 9.80. The number of rotatable bonds is 4. The van der Waals surface area contributed by atoms with Crippen LogP contribution in [0.1, 0.15) is 41.6 Å². The van der Waals surface area contributed by atoms with Gasteiger partial charge in [0.2, 0.25) is 5.91 Å². The summed E-state index contributed by atoms with van der Waals surface area (Å²) >= 11 is 0. The number of likely N-dealkylation sites (tertiary alicyclic amines) is 1. The van der Waals surface area contributed by atoms with E-state index >= 15 is 0 Å². The van der Waals surface area contributed by atoms with Crippen LogP contribution in [0, 0.1) is 6.92 Å². The minimum absolute atomic E-state index is 0.124. The molecule has 5 rings (SSSR count). The molecule has 2 aliphatic heterocycles. The van der Waals surface area contributed by atoms with E-state index in [9.17, 15) is 14.4 Å². The van der Waals surface area contributed by atoms with E-state index in [4.69, 9.17) is 4.42 Å². The maximum absolute atomic E-state index is 13.5. The molecule has 2 fully saturated rings. The third-order valence-corrected chi connectivity index (χ3v) is 7.39. The highest BCUT2D eigenvalue weighted by molar-refractivity contribution is 6.05. The van der Waals surface area contributed by atoms with Crippen molar-refractivity contribution in [2.24, 2.45) is 0 Å². The molecule has 0 N–H and O–H groups in total. The first kappa shape index (κ1) is 24.3. The fourth-order valence-corrected chi connectivity index (χ4v) is 5.23. The third-order valence-electron chi connectivity index (χ3n) is 7.39. The molecule has 0 bridgehead atoms. The van der Waals surface area contributed by atoms with E-state index in [1.165, 1.54) is 12.8 Å². The van der Waals surface area contributed by atoms with Gasteiger partial charge in [0.25, 0.3) is 5.91 Å². The van der Waals surface area contributed by atoms with Crippen molar-refractivity contribution < 1.29 is 14.0 Å². The number of nitrogens with zero attached hydrogens (tertiary/aromatic N) is 3. The molecule has 188 valence electrons. The van der Waals surface area contributed by atoms with E-state index in [0.717, 1.165) is 31.5 Å². The van der Waals surface area contributed by atoms with Gasteiger partial charge in [-0.3, -0.25) is 19.3 Å². The van der Waals surface area contributed by atoms with Crippen LogP contribution >= 0.6 is 0 Å². The molecule has 3 heterocycles. The first-order chi connectivity index (χ1) is 17.5. The van der Waals surface area contributed by atoms with Crippen molar-refractivity contribution in [3.05, 3.63) is 69.9 Å². The normalized spacial score (nSPS) is 17.2. The second kappa shape index (κ2) is 10.7. The van der Waals surface area contributed by atoms with Gasteiger partial charge in [-0.1, -0.05) is 49.2 Å². The fourth-order valence-electron chi connectivity index (χ4n) is 5.23. The van der Waals surface area contributed by atoms with Gasteiger partial charge in [-0.25, -0.2) is 0 Å². The molecule has 7 nitrogen and oxygen atoms in total. The topological polar surface area (TPSA) is 74.1 Å². The highest BCUT2D eigenvalue weighted by Crippen LogP contribution is 2.28. The van der Waals surface area contributed by atoms with E-state index in [0.29, 0.717) is 60.6 Å². The minimum atomic E-state index is -0.148. The lowest BCUT2D eigenvalue weighted by atomic mass is 10.0. The third kappa shape index (κ3) is 4.93.